The maximum absolute atomic E-state index is 7.18. The third kappa shape index (κ3) is 18.1. The van der Waals surface area contributed by atoms with Crippen molar-refractivity contribution >= 4 is 25.3 Å². The molecule has 0 aromatic heterocycles. The van der Waals surface area contributed by atoms with Gasteiger partial charge in [0.25, 0.3) is 0 Å². The lowest BCUT2D eigenvalue weighted by molar-refractivity contribution is 1.48. The van der Waals surface area contributed by atoms with Gasteiger partial charge in [-0.05, 0) is 6.92 Å². The summed E-state index contributed by atoms with van der Waals surface area (Å²) in [4.78, 5) is 0. The van der Waals surface area contributed by atoms with Crippen molar-refractivity contribution in [2.75, 3.05) is 0 Å². The Bertz CT molecular complexity index is 260. The first-order valence-corrected chi connectivity index (χ1v) is 4.20. The predicted molar refractivity (Wildman–Crippen MR) is 60.4 cm³/mol. The van der Waals surface area contributed by atoms with Gasteiger partial charge in [0.15, 0.2) is 0 Å². The van der Waals surface area contributed by atoms with Crippen molar-refractivity contribution in [3.63, 3.8) is 0 Å². The third-order valence-electron chi connectivity index (χ3n) is 0.940. The van der Waals surface area contributed by atoms with E-state index >= 15 is 0 Å². The summed E-state index contributed by atoms with van der Waals surface area (Å²) in [7, 11) is 0. The van der Waals surface area contributed by atoms with Gasteiger partial charge in [0, 0.05) is 0 Å². The highest BCUT2D eigenvalue weighted by atomic mass is 32.1. The fourth-order valence-electron chi connectivity index (χ4n) is 0.534. The summed E-state index contributed by atoms with van der Waals surface area (Å²) >= 11 is 6.19. The summed E-state index contributed by atoms with van der Waals surface area (Å²) in [6, 6.07) is 10.3. The Kier molecular flexibility index (Phi) is 15.0. The van der Waals surface area contributed by atoms with E-state index in [9.17, 15) is 0 Å². The number of hydrogen-bond acceptors (Lipinski definition) is 4. The first kappa shape index (κ1) is 14.4. The molecule has 0 radical (unpaired) electrons. The molecule has 13 heavy (non-hydrogen) atoms. The van der Waals surface area contributed by atoms with Crippen molar-refractivity contribution in [1.29, 1.82) is 10.5 Å². The van der Waals surface area contributed by atoms with Crippen LogP contribution in [-0.4, -0.2) is 0 Å². The molecule has 0 spiro atoms. The number of hydrogen-bond donors (Lipinski definition) is 2. The van der Waals surface area contributed by atoms with Gasteiger partial charge in [-0.25, -0.2) is 0 Å². The number of benzene rings is 1. The van der Waals surface area contributed by atoms with Crippen molar-refractivity contribution in [3.8, 4) is 10.8 Å². The third-order valence-corrected chi connectivity index (χ3v) is 0.940. The van der Waals surface area contributed by atoms with Gasteiger partial charge < -0.3 is 0 Å². The maximum atomic E-state index is 7.18. The minimum Gasteiger partial charge on any atom is -0.185 e. The molecule has 0 N–H and O–H groups in total. The molecular formula is C9H10N2S2. The van der Waals surface area contributed by atoms with E-state index < -0.39 is 0 Å². The Balaban J connectivity index is 0. The predicted octanol–water partition coefficient (Wildman–Crippen LogP) is 2.79. The van der Waals surface area contributed by atoms with Crippen LogP contribution in [0.1, 0.15) is 5.56 Å². The molecule has 1 aromatic rings. The molecule has 0 saturated carbocycles. The molecule has 0 heterocycles. The second-order valence-corrected chi connectivity index (χ2v) is 2.25. The molecule has 0 unspecified atom stereocenters. The number of rotatable bonds is 0. The van der Waals surface area contributed by atoms with Crippen molar-refractivity contribution in [3.05, 3.63) is 35.9 Å². The van der Waals surface area contributed by atoms with E-state index in [1.807, 2.05) is 18.2 Å². The second kappa shape index (κ2) is 13.5. The fourth-order valence-corrected chi connectivity index (χ4v) is 0.534. The zero-order valence-corrected chi connectivity index (χ0v) is 8.96. The number of thiol groups is 2. The minimum atomic E-state index is 1.32. The molecule has 0 aliphatic rings. The van der Waals surface area contributed by atoms with Crippen LogP contribution in [-0.2, 0) is 0 Å². The Labute approximate surface area is 89.6 Å². The van der Waals surface area contributed by atoms with Crippen LogP contribution >= 0.6 is 25.3 Å². The minimum absolute atomic E-state index is 1.32. The van der Waals surface area contributed by atoms with Crippen molar-refractivity contribution in [1.82, 2.24) is 0 Å². The molecule has 0 atom stereocenters. The smallest absolute Gasteiger partial charge is 0.130 e. The average Bonchev–Trinajstić information content (AvgIpc) is 2.08. The van der Waals surface area contributed by atoms with Crippen LogP contribution < -0.4 is 0 Å². The number of nitrogens with zero attached hydrogens (tertiary/aromatic N) is 2. The zero-order chi connectivity index (χ0) is 10.5. The van der Waals surface area contributed by atoms with Crippen LogP contribution in [0.15, 0.2) is 30.3 Å². The van der Waals surface area contributed by atoms with Crippen molar-refractivity contribution < 1.29 is 0 Å². The van der Waals surface area contributed by atoms with Gasteiger partial charge >= 0.3 is 0 Å². The van der Waals surface area contributed by atoms with Gasteiger partial charge in [-0.3, -0.25) is 0 Å². The molecule has 68 valence electrons. The highest BCUT2D eigenvalue weighted by Gasteiger charge is 1.72. The molecule has 1 rings (SSSR count). The van der Waals surface area contributed by atoms with Gasteiger partial charge in [0.05, 0.1) is 0 Å². The van der Waals surface area contributed by atoms with Gasteiger partial charge in [0.2, 0.25) is 0 Å². The van der Waals surface area contributed by atoms with Crippen LogP contribution in [0, 0.1) is 28.3 Å². The highest BCUT2D eigenvalue weighted by Crippen LogP contribution is 1.92. The molecule has 0 aliphatic heterocycles. The standard InChI is InChI=1S/C7H8.2CHNS/c1-7-5-3-2-4-6-7;2*2-1-3/h2-6H,1H3;2*3H. The van der Waals surface area contributed by atoms with Gasteiger partial charge in [0.1, 0.15) is 10.8 Å². The first-order valence-electron chi connectivity index (χ1n) is 3.31. The summed E-state index contributed by atoms with van der Waals surface area (Å²) in [5, 5.41) is 17.3. The molecule has 0 aliphatic carbocycles. The number of thiocyanates is 2. The van der Waals surface area contributed by atoms with Crippen LogP contribution in [0.2, 0.25) is 0 Å². The summed E-state index contributed by atoms with van der Waals surface area (Å²) in [6.07, 6.45) is 0. The van der Waals surface area contributed by atoms with E-state index in [-0.39, 0.29) is 0 Å². The van der Waals surface area contributed by atoms with Crippen LogP contribution in [0.25, 0.3) is 0 Å². The SMILES string of the molecule is Cc1ccccc1.N#CS.N#CS. The quantitative estimate of drug-likeness (QED) is 0.511. The second-order valence-electron chi connectivity index (χ2n) is 1.85. The van der Waals surface area contributed by atoms with E-state index in [1.54, 1.807) is 0 Å². The highest BCUT2D eigenvalue weighted by molar-refractivity contribution is 7.85. The number of aryl methyl sites for hydroxylation is 1. The van der Waals surface area contributed by atoms with Crippen LogP contribution in [0.4, 0.5) is 0 Å². The largest absolute Gasteiger partial charge is 0.185 e. The molecule has 1 aromatic carbocycles. The fraction of sp³-hybridized carbons (Fsp3) is 0.111. The molecule has 0 bridgehead atoms. The Morgan fingerprint density at radius 2 is 1.31 bits per heavy atom. The molecular weight excluding hydrogens is 200 g/mol. The molecule has 4 heteroatoms. The Hall–Kier alpha value is -1.10. The molecule has 0 saturated heterocycles. The Morgan fingerprint density at radius 1 is 1.00 bits per heavy atom. The summed E-state index contributed by atoms with van der Waals surface area (Å²) in [6.45, 7) is 2.08. The van der Waals surface area contributed by atoms with Crippen LogP contribution in [0.5, 0.6) is 0 Å². The molecule has 2 nitrogen and oxygen atoms in total. The van der Waals surface area contributed by atoms with Crippen LogP contribution in [0.3, 0.4) is 0 Å². The van der Waals surface area contributed by atoms with Crippen molar-refractivity contribution in [2.24, 2.45) is 0 Å². The summed E-state index contributed by atoms with van der Waals surface area (Å²) in [5.74, 6) is 0. The lowest BCUT2D eigenvalue weighted by Crippen LogP contribution is -1.62. The van der Waals surface area contributed by atoms with Crippen molar-refractivity contribution in [2.45, 2.75) is 6.92 Å². The molecule has 0 fully saturated rings. The Morgan fingerprint density at radius 3 is 1.46 bits per heavy atom. The summed E-state index contributed by atoms with van der Waals surface area (Å²) in [5.41, 5.74) is 1.32. The van der Waals surface area contributed by atoms with E-state index in [4.69, 9.17) is 10.5 Å². The number of nitriles is 2. The topological polar surface area (TPSA) is 47.6 Å². The van der Waals surface area contributed by atoms with Gasteiger partial charge in [-0.2, -0.15) is 10.5 Å². The summed E-state index contributed by atoms with van der Waals surface area (Å²) < 4.78 is 0. The molecule has 0 amide bonds. The van der Waals surface area contributed by atoms with Gasteiger partial charge in [-0.1, -0.05) is 61.2 Å². The lowest BCUT2D eigenvalue weighted by atomic mass is 10.2. The monoisotopic (exact) mass is 210 g/mol. The first-order chi connectivity index (χ1) is 6.22. The van der Waals surface area contributed by atoms with Gasteiger partial charge in [-0.15, -0.1) is 0 Å². The average molecular weight is 210 g/mol. The maximum Gasteiger partial charge on any atom is 0.130 e. The lowest BCUT2D eigenvalue weighted by Gasteiger charge is -1.82. The normalized spacial score (nSPS) is 5.92. The van der Waals surface area contributed by atoms with E-state index in [2.05, 4.69) is 44.3 Å². The zero-order valence-electron chi connectivity index (χ0n) is 7.18. The van der Waals surface area contributed by atoms with E-state index in [0.717, 1.165) is 0 Å². The van der Waals surface area contributed by atoms with E-state index in [1.165, 1.54) is 16.4 Å². The van der Waals surface area contributed by atoms with E-state index in [0.29, 0.717) is 0 Å².